The van der Waals surface area contributed by atoms with Crippen molar-refractivity contribution in [3.63, 3.8) is 0 Å². The number of aromatic nitrogens is 1. The van der Waals surface area contributed by atoms with Gasteiger partial charge in [-0.05, 0) is 38.1 Å². The average Bonchev–Trinajstić information content (AvgIpc) is 3.03. The van der Waals surface area contributed by atoms with E-state index in [0.29, 0.717) is 18.8 Å². The molecule has 8 heteroatoms. The van der Waals surface area contributed by atoms with Gasteiger partial charge in [-0.15, -0.1) is 11.3 Å². The van der Waals surface area contributed by atoms with E-state index in [1.165, 1.54) is 47.4 Å². The van der Waals surface area contributed by atoms with Gasteiger partial charge in [-0.2, -0.15) is 0 Å². The zero-order valence-corrected chi connectivity index (χ0v) is 15.8. The van der Waals surface area contributed by atoms with Gasteiger partial charge in [0.25, 0.3) is 0 Å². The molecule has 2 amide bonds. The van der Waals surface area contributed by atoms with E-state index < -0.39 is 0 Å². The lowest BCUT2D eigenvalue weighted by Crippen LogP contribution is -2.31. The van der Waals surface area contributed by atoms with E-state index in [4.69, 9.17) is 0 Å². The van der Waals surface area contributed by atoms with Gasteiger partial charge in [-0.1, -0.05) is 11.8 Å². The van der Waals surface area contributed by atoms with Gasteiger partial charge in [0.2, 0.25) is 11.8 Å². The van der Waals surface area contributed by atoms with Gasteiger partial charge < -0.3 is 10.2 Å². The van der Waals surface area contributed by atoms with Crippen LogP contribution in [0.25, 0.3) is 0 Å². The molecule has 2 rings (SSSR count). The van der Waals surface area contributed by atoms with Crippen LogP contribution in [0.2, 0.25) is 0 Å². The molecule has 0 aliphatic carbocycles. The molecular weight excluding hydrogens is 361 g/mol. The number of thiazole rings is 1. The van der Waals surface area contributed by atoms with Crippen molar-refractivity contribution < 1.29 is 14.0 Å². The highest BCUT2D eigenvalue weighted by Crippen LogP contribution is 2.23. The number of nitrogens with zero attached hydrogens (tertiary/aromatic N) is 2. The molecule has 0 atom stereocenters. The van der Waals surface area contributed by atoms with Gasteiger partial charge >= 0.3 is 0 Å². The quantitative estimate of drug-likeness (QED) is 0.712. The van der Waals surface area contributed by atoms with Crippen molar-refractivity contribution in [2.75, 3.05) is 24.2 Å². The second-order valence-corrected chi connectivity index (χ2v) is 7.27. The summed E-state index contributed by atoms with van der Waals surface area (Å²) in [6.45, 7) is 5.27. The van der Waals surface area contributed by atoms with Crippen molar-refractivity contribution in [1.82, 2.24) is 9.88 Å². The van der Waals surface area contributed by atoms with Gasteiger partial charge in [0.15, 0.2) is 4.34 Å². The summed E-state index contributed by atoms with van der Waals surface area (Å²) in [5.41, 5.74) is 1.28. The summed E-state index contributed by atoms with van der Waals surface area (Å²) in [6.07, 6.45) is 0.278. The van der Waals surface area contributed by atoms with Crippen LogP contribution in [0.3, 0.4) is 0 Å². The lowest BCUT2D eigenvalue weighted by atomic mass is 10.3. The Labute approximate surface area is 154 Å². The molecule has 0 spiro atoms. The number of likely N-dealkylation sites (N-methyl/N-ethyl adjacent to an activating group) is 1. The van der Waals surface area contributed by atoms with Gasteiger partial charge in [-0.3, -0.25) is 9.59 Å². The van der Waals surface area contributed by atoms with E-state index in [1.807, 2.05) is 19.2 Å². The zero-order valence-electron chi connectivity index (χ0n) is 14.1. The number of carbonyl (C=O) groups excluding carboxylic acids is 2. The monoisotopic (exact) mass is 381 g/mol. The minimum atomic E-state index is -0.345. The first-order valence-electron chi connectivity index (χ1n) is 7.92. The second kappa shape index (κ2) is 9.53. The first-order valence-corrected chi connectivity index (χ1v) is 9.78. The lowest BCUT2D eigenvalue weighted by molar-refractivity contribution is -0.130. The number of anilines is 1. The highest BCUT2D eigenvalue weighted by molar-refractivity contribution is 8.01. The molecule has 134 valence electrons. The Hall–Kier alpha value is -1.93. The van der Waals surface area contributed by atoms with E-state index in [2.05, 4.69) is 10.3 Å². The molecule has 0 unspecified atom stereocenters. The predicted molar refractivity (Wildman–Crippen MR) is 99.5 cm³/mol. The van der Waals surface area contributed by atoms with Crippen molar-refractivity contribution in [3.8, 4) is 0 Å². The SMILES string of the molecule is CCN(CC)C(=O)Cc1csc(SCC(=O)Nc2ccc(F)cc2)n1. The van der Waals surface area contributed by atoms with Gasteiger partial charge in [0, 0.05) is 24.2 Å². The third-order valence-corrected chi connectivity index (χ3v) is 5.50. The third kappa shape index (κ3) is 6.13. The van der Waals surface area contributed by atoms with E-state index >= 15 is 0 Å². The summed E-state index contributed by atoms with van der Waals surface area (Å²) < 4.78 is 13.6. The van der Waals surface area contributed by atoms with Crippen LogP contribution in [0, 0.1) is 5.82 Å². The second-order valence-electron chi connectivity index (χ2n) is 5.19. The van der Waals surface area contributed by atoms with Crippen molar-refractivity contribution in [2.45, 2.75) is 24.6 Å². The smallest absolute Gasteiger partial charge is 0.234 e. The minimum Gasteiger partial charge on any atom is -0.343 e. The maximum atomic E-state index is 12.8. The van der Waals surface area contributed by atoms with Crippen LogP contribution in [0.15, 0.2) is 34.0 Å². The lowest BCUT2D eigenvalue weighted by Gasteiger charge is -2.17. The normalized spacial score (nSPS) is 10.5. The molecule has 1 N–H and O–H groups in total. The van der Waals surface area contributed by atoms with E-state index in [-0.39, 0.29) is 29.8 Å². The fourth-order valence-corrected chi connectivity index (χ4v) is 3.78. The number of rotatable bonds is 8. The highest BCUT2D eigenvalue weighted by Gasteiger charge is 2.13. The number of halogens is 1. The molecule has 0 radical (unpaired) electrons. The number of carbonyl (C=O) groups is 2. The minimum absolute atomic E-state index is 0.0564. The van der Waals surface area contributed by atoms with Gasteiger partial charge in [-0.25, -0.2) is 9.37 Å². The maximum Gasteiger partial charge on any atom is 0.234 e. The fraction of sp³-hybridized carbons (Fsp3) is 0.353. The van der Waals surface area contributed by atoms with Crippen molar-refractivity contribution in [2.24, 2.45) is 0 Å². The van der Waals surface area contributed by atoms with Crippen molar-refractivity contribution in [3.05, 3.63) is 41.2 Å². The Morgan fingerprint density at radius 1 is 1.24 bits per heavy atom. The molecule has 1 aromatic heterocycles. The molecule has 0 bridgehead atoms. The molecule has 5 nitrogen and oxygen atoms in total. The number of amides is 2. The number of nitrogens with one attached hydrogen (secondary N) is 1. The maximum absolute atomic E-state index is 12.8. The molecule has 0 fully saturated rings. The van der Waals surface area contributed by atoms with Crippen LogP contribution in [-0.2, 0) is 16.0 Å². The molecule has 0 saturated heterocycles. The Morgan fingerprint density at radius 2 is 1.92 bits per heavy atom. The fourth-order valence-electron chi connectivity index (χ4n) is 2.14. The van der Waals surface area contributed by atoms with Crippen LogP contribution in [0.1, 0.15) is 19.5 Å². The number of hydrogen-bond acceptors (Lipinski definition) is 5. The molecule has 0 aliphatic rings. The molecule has 0 aliphatic heterocycles. The summed E-state index contributed by atoms with van der Waals surface area (Å²) in [5, 5.41) is 4.55. The van der Waals surface area contributed by atoms with Crippen molar-refractivity contribution in [1.29, 1.82) is 0 Å². The van der Waals surface area contributed by atoms with Crippen LogP contribution in [0.5, 0.6) is 0 Å². The summed E-state index contributed by atoms with van der Waals surface area (Å²) in [4.78, 5) is 30.1. The van der Waals surface area contributed by atoms with Crippen LogP contribution in [0.4, 0.5) is 10.1 Å². The largest absolute Gasteiger partial charge is 0.343 e. The first kappa shape index (κ1) is 19.4. The number of hydrogen-bond donors (Lipinski definition) is 1. The van der Waals surface area contributed by atoms with Crippen LogP contribution >= 0.6 is 23.1 Å². The average molecular weight is 381 g/mol. The van der Waals surface area contributed by atoms with Crippen LogP contribution < -0.4 is 5.32 Å². The van der Waals surface area contributed by atoms with Crippen molar-refractivity contribution >= 4 is 40.6 Å². The topological polar surface area (TPSA) is 62.3 Å². The molecular formula is C17H20FN3O2S2. The first-order chi connectivity index (χ1) is 12.0. The summed E-state index contributed by atoms with van der Waals surface area (Å²) >= 11 is 2.74. The number of thioether (sulfide) groups is 1. The highest BCUT2D eigenvalue weighted by atomic mass is 32.2. The molecule has 25 heavy (non-hydrogen) atoms. The van der Waals surface area contributed by atoms with Crippen LogP contribution in [-0.4, -0.2) is 40.5 Å². The Morgan fingerprint density at radius 3 is 2.56 bits per heavy atom. The number of benzene rings is 1. The molecule has 1 heterocycles. The summed E-state index contributed by atoms with van der Waals surface area (Å²) in [6, 6.07) is 5.61. The Balaban J connectivity index is 1.81. The van der Waals surface area contributed by atoms with Gasteiger partial charge in [0.1, 0.15) is 5.82 Å². The molecule has 0 saturated carbocycles. The standard InChI is InChI=1S/C17H20FN3O2S2/c1-3-21(4-2)16(23)9-14-10-24-17(20-14)25-11-15(22)19-13-7-5-12(18)6-8-13/h5-8,10H,3-4,9,11H2,1-2H3,(H,19,22). The Kier molecular flexibility index (Phi) is 7.39. The van der Waals surface area contributed by atoms with Gasteiger partial charge in [0.05, 0.1) is 17.9 Å². The van der Waals surface area contributed by atoms with E-state index in [0.717, 1.165) is 10.0 Å². The third-order valence-electron chi connectivity index (χ3n) is 3.43. The zero-order chi connectivity index (χ0) is 18.2. The summed E-state index contributed by atoms with van der Waals surface area (Å²) in [5.74, 6) is -0.274. The predicted octanol–water partition coefficient (Wildman–Crippen LogP) is 3.42. The Bertz CT molecular complexity index is 715. The van der Waals surface area contributed by atoms with E-state index in [1.54, 1.807) is 4.90 Å². The molecule has 1 aromatic carbocycles. The summed E-state index contributed by atoms with van der Waals surface area (Å²) in [7, 11) is 0. The molecule has 2 aromatic rings. The van der Waals surface area contributed by atoms with E-state index in [9.17, 15) is 14.0 Å².